The van der Waals surface area contributed by atoms with E-state index in [1.54, 1.807) is 38.1 Å². The average Bonchev–Trinajstić information content (AvgIpc) is 2.68. The molecule has 1 heterocycles. The number of nitrogens with zero attached hydrogens (tertiary/aromatic N) is 1. The van der Waals surface area contributed by atoms with Crippen molar-refractivity contribution in [3.63, 3.8) is 0 Å². The molecule has 0 aliphatic carbocycles. The number of aliphatic hydroxyl groups is 1. The van der Waals surface area contributed by atoms with Crippen LogP contribution in [0.2, 0.25) is 10.0 Å². The molecule has 21 heavy (non-hydrogen) atoms. The number of ether oxygens (including phenoxy) is 1. The monoisotopic (exact) mass is 325 g/mol. The fraction of sp³-hybridized carbons (Fsp3) is 0.200. The summed E-state index contributed by atoms with van der Waals surface area (Å²) in [6, 6.07) is 4.98. The summed E-state index contributed by atoms with van der Waals surface area (Å²) >= 11 is 11.9. The van der Waals surface area contributed by atoms with Crippen LogP contribution >= 0.6 is 23.2 Å². The summed E-state index contributed by atoms with van der Waals surface area (Å²) < 4.78 is 4.90. The van der Waals surface area contributed by atoms with Gasteiger partial charge in [0.05, 0.1) is 12.3 Å². The van der Waals surface area contributed by atoms with Gasteiger partial charge < -0.3 is 9.84 Å². The van der Waals surface area contributed by atoms with Gasteiger partial charge in [-0.15, -0.1) is 0 Å². The normalized spacial score (nSPS) is 16.4. The summed E-state index contributed by atoms with van der Waals surface area (Å²) in [5.41, 5.74) is 1.39. The minimum atomic E-state index is -0.596. The van der Waals surface area contributed by atoms with Crippen molar-refractivity contribution in [2.45, 2.75) is 13.8 Å². The lowest BCUT2D eigenvalue weighted by Crippen LogP contribution is -2.13. The number of carbonyl (C=O) groups excluding carboxylic acids is 1. The molecule has 2 rings (SSSR count). The van der Waals surface area contributed by atoms with Crippen molar-refractivity contribution in [2.75, 3.05) is 6.61 Å². The zero-order valence-electron chi connectivity index (χ0n) is 11.5. The number of hydrogen-bond acceptors (Lipinski definition) is 4. The van der Waals surface area contributed by atoms with Gasteiger partial charge in [-0.3, -0.25) is 0 Å². The second-order valence-corrected chi connectivity index (χ2v) is 5.18. The molecule has 0 unspecified atom stereocenters. The molecule has 4 nitrogen and oxygen atoms in total. The SMILES string of the molecule is CCOC(=O)C1=C(O)/C(=C/c2ccc(Cl)cc2Cl)N=C1C. The van der Waals surface area contributed by atoms with E-state index in [0.29, 0.717) is 21.3 Å². The van der Waals surface area contributed by atoms with Gasteiger partial charge in [-0.05, 0) is 37.6 Å². The van der Waals surface area contributed by atoms with E-state index >= 15 is 0 Å². The predicted molar refractivity (Wildman–Crippen MR) is 83.8 cm³/mol. The lowest BCUT2D eigenvalue weighted by atomic mass is 10.1. The highest BCUT2D eigenvalue weighted by molar-refractivity contribution is 6.35. The van der Waals surface area contributed by atoms with E-state index in [4.69, 9.17) is 27.9 Å². The number of benzene rings is 1. The molecule has 0 amide bonds. The van der Waals surface area contributed by atoms with E-state index in [9.17, 15) is 9.90 Å². The second kappa shape index (κ2) is 6.33. The minimum absolute atomic E-state index is 0.0770. The molecule has 0 saturated heterocycles. The summed E-state index contributed by atoms with van der Waals surface area (Å²) in [5.74, 6) is -0.807. The Morgan fingerprint density at radius 1 is 1.43 bits per heavy atom. The van der Waals surface area contributed by atoms with Crippen LogP contribution in [0.5, 0.6) is 0 Å². The van der Waals surface area contributed by atoms with Gasteiger partial charge in [0.15, 0.2) is 5.76 Å². The number of carbonyl (C=O) groups is 1. The van der Waals surface area contributed by atoms with Crippen molar-refractivity contribution in [1.29, 1.82) is 0 Å². The first kappa shape index (κ1) is 15.6. The Bertz CT molecular complexity index is 690. The molecule has 0 atom stereocenters. The molecular weight excluding hydrogens is 313 g/mol. The third kappa shape index (κ3) is 3.28. The van der Waals surface area contributed by atoms with Crippen molar-refractivity contribution < 1.29 is 14.6 Å². The van der Waals surface area contributed by atoms with Crippen molar-refractivity contribution in [3.05, 3.63) is 50.8 Å². The molecule has 1 aromatic carbocycles. The van der Waals surface area contributed by atoms with E-state index in [0.717, 1.165) is 0 Å². The molecule has 0 radical (unpaired) electrons. The van der Waals surface area contributed by atoms with Crippen LogP contribution in [-0.2, 0) is 9.53 Å². The molecule has 6 heteroatoms. The van der Waals surface area contributed by atoms with E-state index in [2.05, 4.69) is 4.99 Å². The quantitative estimate of drug-likeness (QED) is 0.848. The Hall–Kier alpha value is -1.78. The van der Waals surface area contributed by atoms with Gasteiger partial charge in [0.2, 0.25) is 0 Å². The molecule has 1 aliphatic heterocycles. The first-order valence-corrected chi connectivity index (χ1v) is 7.02. The summed E-state index contributed by atoms with van der Waals surface area (Å²) in [7, 11) is 0. The third-order valence-electron chi connectivity index (χ3n) is 2.86. The summed E-state index contributed by atoms with van der Waals surface area (Å²) in [5, 5.41) is 11.1. The first-order chi connectivity index (χ1) is 9.93. The molecule has 0 spiro atoms. The molecule has 0 fully saturated rings. The number of esters is 1. The van der Waals surface area contributed by atoms with E-state index in [-0.39, 0.29) is 23.6 Å². The van der Waals surface area contributed by atoms with E-state index in [1.165, 1.54) is 0 Å². The highest BCUT2D eigenvalue weighted by Crippen LogP contribution is 2.29. The second-order valence-electron chi connectivity index (χ2n) is 4.34. The Kier molecular flexibility index (Phi) is 4.70. The largest absolute Gasteiger partial charge is 0.505 e. The van der Waals surface area contributed by atoms with Crippen LogP contribution in [0.25, 0.3) is 6.08 Å². The maximum Gasteiger partial charge on any atom is 0.343 e. The molecular formula is C15H13Cl2NO3. The zero-order valence-corrected chi connectivity index (χ0v) is 13.0. The van der Waals surface area contributed by atoms with Gasteiger partial charge in [-0.2, -0.15) is 0 Å². The van der Waals surface area contributed by atoms with Crippen molar-refractivity contribution in [3.8, 4) is 0 Å². The molecule has 110 valence electrons. The summed E-state index contributed by atoms with van der Waals surface area (Å²) in [6.45, 7) is 3.55. The predicted octanol–water partition coefficient (Wildman–Crippen LogP) is 4.18. The Morgan fingerprint density at radius 3 is 2.76 bits per heavy atom. The van der Waals surface area contributed by atoms with Crippen LogP contribution in [-0.4, -0.2) is 23.4 Å². The summed E-state index contributed by atoms with van der Waals surface area (Å²) in [6.07, 6.45) is 1.59. The smallest absolute Gasteiger partial charge is 0.343 e. The minimum Gasteiger partial charge on any atom is -0.505 e. The number of aliphatic imine (C=N–C) groups is 1. The average molecular weight is 326 g/mol. The lowest BCUT2D eigenvalue weighted by molar-refractivity contribution is -0.138. The number of hydrogen-bond donors (Lipinski definition) is 1. The van der Waals surface area contributed by atoms with Gasteiger partial charge in [0, 0.05) is 10.0 Å². The maximum atomic E-state index is 11.8. The summed E-state index contributed by atoms with van der Waals surface area (Å²) in [4.78, 5) is 16.0. The topological polar surface area (TPSA) is 58.9 Å². The van der Waals surface area contributed by atoms with Crippen molar-refractivity contribution in [2.24, 2.45) is 4.99 Å². The third-order valence-corrected chi connectivity index (χ3v) is 3.43. The van der Waals surface area contributed by atoms with Crippen LogP contribution in [0.15, 0.2) is 40.2 Å². The fourth-order valence-electron chi connectivity index (χ4n) is 1.90. The Balaban J connectivity index is 2.42. The fourth-order valence-corrected chi connectivity index (χ4v) is 2.37. The van der Waals surface area contributed by atoms with Gasteiger partial charge >= 0.3 is 5.97 Å². The van der Waals surface area contributed by atoms with Gasteiger partial charge in [0.25, 0.3) is 0 Å². The van der Waals surface area contributed by atoms with E-state index in [1.807, 2.05) is 0 Å². The molecule has 0 aromatic heterocycles. The van der Waals surface area contributed by atoms with Crippen molar-refractivity contribution >= 4 is 41.0 Å². The van der Waals surface area contributed by atoms with Crippen LogP contribution < -0.4 is 0 Å². The molecule has 1 N–H and O–H groups in total. The zero-order chi connectivity index (χ0) is 15.6. The van der Waals surface area contributed by atoms with Gasteiger partial charge in [0.1, 0.15) is 11.3 Å². The highest BCUT2D eigenvalue weighted by Gasteiger charge is 2.27. The first-order valence-electron chi connectivity index (χ1n) is 6.27. The van der Waals surface area contributed by atoms with Crippen molar-refractivity contribution in [1.82, 2.24) is 0 Å². The lowest BCUT2D eigenvalue weighted by Gasteiger charge is -2.03. The molecule has 1 aromatic rings. The van der Waals surface area contributed by atoms with Crippen LogP contribution in [0.1, 0.15) is 19.4 Å². The number of rotatable bonds is 3. The Labute approximate surface area is 132 Å². The van der Waals surface area contributed by atoms with Crippen LogP contribution in [0.3, 0.4) is 0 Å². The molecule has 0 bridgehead atoms. The number of aliphatic hydroxyl groups excluding tert-OH is 1. The van der Waals surface area contributed by atoms with Crippen LogP contribution in [0, 0.1) is 0 Å². The molecule has 1 aliphatic rings. The maximum absolute atomic E-state index is 11.8. The molecule has 0 saturated carbocycles. The van der Waals surface area contributed by atoms with Gasteiger partial charge in [-0.1, -0.05) is 29.3 Å². The highest BCUT2D eigenvalue weighted by atomic mass is 35.5. The van der Waals surface area contributed by atoms with E-state index < -0.39 is 5.97 Å². The standard InChI is InChI=1S/C15H13Cl2NO3/c1-3-21-15(20)13-8(2)18-12(14(13)19)6-9-4-5-10(16)7-11(9)17/h4-7,19H,3H2,1-2H3/b12-6-. The van der Waals surface area contributed by atoms with Gasteiger partial charge in [-0.25, -0.2) is 9.79 Å². The Morgan fingerprint density at radius 2 is 2.14 bits per heavy atom. The number of halogens is 2. The van der Waals surface area contributed by atoms with Crippen LogP contribution in [0.4, 0.5) is 0 Å².